The summed E-state index contributed by atoms with van der Waals surface area (Å²) in [5.41, 5.74) is 8.62. The lowest BCUT2D eigenvalue weighted by Gasteiger charge is -2.32. The van der Waals surface area contributed by atoms with Gasteiger partial charge < -0.3 is 15.5 Å². The molecule has 8 nitrogen and oxygen atoms in total. The van der Waals surface area contributed by atoms with Crippen molar-refractivity contribution in [3.63, 3.8) is 0 Å². The second kappa shape index (κ2) is 9.12. The smallest absolute Gasteiger partial charge is 0.290 e. The lowest BCUT2D eigenvalue weighted by molar-refractivity contribution is 0.0949. The van der Waals surface area contributed by atoms with Crippen molar-refractivity contribution in [3.8, 4) is 0 Å². The van der Waals surface area contributed by atoms with E-state index in [0.29, 0.717) is 5.82 Å². The number of hydrogen-bond acceptors (Lipinski definition) is 5. The van der Waals surface area contributed by atoms with Crippen LogP contribution in [0.5, 0.6) is 0 Å². The standard InChI is InChI=1S/C17H29N7O/c1-13(18)17(2,3)10-24(6)12-20-22-16(25)14-8-7-9-15(21-14)19-11-23(4)5/h7-9,11-13H,10,18H2,1-6H3,(H,22,25)/b19-11?,20-12+. The number of rotatable bonds is 8. The highest BCUT2D eigenvalue weighted by molar-refractivity contribution is 5.92. The number of nitrogens with two attached hydrogens (primary N) is 1. The fourth-order valence-electron chi connectivity index (χ4n) is 1.87. The van der Waals surface area contributed by atoms with E-state index in [2.05, 4.69) is 34.4 Å². The van der Waals surface area contributed by atoms with Gasteiger partial charge >= 0.3 is 0 Å². The van der Waals surface area contributed by atoms with Gasteiger partial charge in [-0.25, -0.2) is 15.4 Å². The number of nitrogens with one attached hydrogen (secondary N) is 1. The molecule has 1 aromatic heterocycles. The van der Waals surface area contributed by atoms with Gasteiger partial charge in [0.1, 0.15) is 12.0 Å². The van der Waals surface area contributed by atoms with E-state index in [9.17, 15) is 4.79 Å². The SMILES string of the molecule is CC(N)C(C)(C)CN(C)/C=N/NC(=O)c1cccc(N=CN(C)C)n1. The van der Waals surface area contributed by atoms with Gasteiger partial charge in [0.2, 0.25) is 0 Å². The first-order chi connectivity index (χ1) is 11.6. The van der Waals surface area contributed by atoms with Crippen molar-refractivity contribution in [1.29, 1.82) is 0 Å². The number of hydrazone groups is 1. The monoisotopic (exact) mass is 347 g/mol. The summed E-state index contributed by atoms with van der Waals surface area (Å²) in [6.45, 7) is 6.87. The minimum absolute atomic E-state index is 0.0487. The molecule has 0 fully saturated rings. The molecule has 1 heterocycles. The number of aliphatic imine (C=N–C) groups is 1. The molecule has 0 saturated carbocycles. The molecule has 0 radical (unpaired) electrons. The third-order valence-electron chi connectivity index (χ3n) is 3.70. The molecule has 1 aromatic rings. The molecule has 0 saturated heterocycles. The summed E-state index contributed by atoms with van der Waals surface area (Å²) >= 11 is 0. The Bertz CT molecular complexity index is 623. The van der Waals surface area contributed by atoms with Gasteiger partial charge in [0, 0.05) is 33.7 Å². The molecule has 25 heavy (non-hydrogen) atoms. The van der Waals surface area contributed by atoms with Crippen LogP contribution in [-0.4, -0.2) is 67.1 Å². The first-order valence-corrected chi connectivity index (χ1v) is 8.09. The van der Waals surface area contributed by atoms with Crippen molar-refractivity contribution in [3.05, 3.63) is 23.9 Å². The molecule has 3 N–H and O–H groups in total. The van der Waals surface area contributed by atoms with E-state index in [-0.39, 0.29) is 17.2 Å². The molecular formula is C17H29N7O. The zero-order chi connectivity index (χ0) is 19.0. The lowest BCUT2D eigenvalue weighted by Crippen LogP contribution is -2.42. The molecule has 0 aliphatic heterocycles. The molecule has 1 unspecified atom stereocenters. The zero-order valence-electron chi connectivity index (χ0n) is 15.9. The van der Waals surface area contributed by atoms with Gasteiger partial charge in [0.15, 0.2) is 5.82 Å². The van der Waals surface area contributed by atoms with Crippen molar-refractivity contribution in [2.75, 3.05) is 27.7 Å². The highest BCUT2D eigenvalue weighted by Gasteiger charge is 2.23. The molecule has 1 rings (SSSR count). The minimum Gasteiger partial charge on any atom is -0.369 e. The van der Waals surface area contributed by atoms with Crippen LogP contribution in [0.15, 0.2) is 28.3 Å². The third kappa shape index (κ3) is 7.30. The summed E-state index contributed by atoms with van der Waals surface area (Å²) in [6.07, 6.45) is 3.19. The Morgan fingerprint density at radius 3 is 2.64 bits per heavy atom. The van der Waals surface area contributed by atoms with Crippen molar-refractivity contribution in [1.82, 2.24) is 20.2 Å². The largest absolute Gasteiger partial charge is 0.369 e. The summed E-state index contributed by atoms with van der Waals surface area (Å²) < 4.78 is 0. The molecule has 0 aliphatic rings. The normalized spacial score (nSPS) is 13.2. The Labute approximate surface area is 149 Å². The summed E-state index contributed by atoms with van der Waals surface area (Å²) in [6, 6.07) is 5.12. The second-order valence-electron chi connectivity index (χ2n) is 6.97. The molecule has 0 aromatic carbocycles. The fourth-order valence-corrected chi connectivity index (χ4v) is 1.87. The molecule has 1 atom stereocenters. The summed E-state index contributed by atoms with van der Waals surface area (Å²) in [4.78, 5) is 24.1. The molecule has 0 bridgehead atoms. The Morgan fingerprint density at radius 1 is 1.36 bits per heavy atom. The Morgan fingerprint density at radius 2 is 2.04 bits per heavy atom. The Balaban J connectivity index is 2.63. The molecule has 0 aliphatic carbocycles. The summed E-state index contributed by atoms with van der Waals surface area (Å²) in [5.74, 6) is 0.0686. The summed E-state index contributed by atoms with van der Waals surface area (Å²) in [5, 5.41) is 3.97. The topological polar surface area (TPSA) is 99.2 Å². The number of amides is 1. The first-order valence-electron chi connectivity index (χ1n) is 8.09. The van der Waals surface area contributed by atoms with Crippen LogP contribution in [0.25, 0.3) is 0 Å². The Hall–Kier alpha value is -2.48. The maximum Gasteiger partial charge on any atom is 0.290 e. The predicted molar refractivity (Wildman–Crippen MR) is 102 cm³/mol. The molecule has 138 valence electrons. The van der Waals surface area contributed by atoms with Crippen LogP contribution in [0, 0.1) is 5.41 Å². The van der Waals surface area contributed by atoms with Crippen LogP contribution in [0.4, 0.5) is 5.82 Å². The maximum absolute atomic E-state index is 12.1. The predicted octanol–water partition coefficient (Wildman–Crippen LogP) is 1.28. The number of hydrogen-bond donors (Lipinski definition) is 2. The van der Waals surface area contributed by atoms with E-state index in [4.69, 9.17) is 5.73 Å². The molecule has 1 amide bonds. The number of aromatic nitrogens is 1. The van der Waals surface area contributed by atoms with Gasteiger partial charge in [0.25, 0.3) is 5.91 Å². The van der Waals surface area contributed by atoms with Gasteiger partial charge in [-0.05, 0) is 24.5 Å². The lowest BCUT2D eigenvalue weighted by atomic mass is 9.86. The van der Waals surface area contributed by atoms with Crippen LogP contribution in [0.3, 0.4) is 0 Å². The quantitative estimate of drug-likeness (QED) is 0.419. The highest BCUT2D eigenvalue weighted by atomic mass is 16.2. The molecule has 0 spiro atoms. The van der Waals surface area contributed by atoms with E-state index >= 15 is 0 Å². The Kier molecular flexibility index (Phi) is 7.50. The van der Waals surface area contributed by atoms with E-state index in [1.165, 1.54) is 0 Å². The van der Waals surface area contributed by atoms with Gasteiger partial charge in [-0.3, -0.25) is 4.79 Å². The third-order valence-corrected chi connectivity index (χ3v) is 3.70. The van der Waals surface area contributed by atoms with Crippen LogP contribution >= 0.6 is 0 Å². The highest BCUT2D eigenvalue weighted by Crippen LogP contribution is 2.19. The van der Waals surface area contributed by atoms with Crippen LogP contribution in [-0.2, 0) is 0 Å². The first kappa shape index (κ1) is 20.6. The van der Waals surface area contributed by atoms with Gasteiger partial charge in [0.05, 0.1) is 6.34 Å². The van der Waals surface area contributed by atoms with Crippen molar-refractivity contribution in [2.24, 2.45) is 21.2 Å². The molecular weight excluding hydrogens is 318 g/mol. The maximum atomic E-state index is 12.1. The average Bonchev–Trinajstić information content (AvgIpc) is 2.52. The molecule has 8 heteroatoms. The van der Waals surface area contributed by atoms with Crippen LogP contribution in [0.1, 0.15) is 31.3 Å². The van der Waals surface area contributed by atoms with E-state index in [1.54, 1.807) is 35.8 Å². The average molecular weight is 347 g/mol. The number of carbonyl (C=O) groups excluding carboxylic acids is 1. The van der Waals surface area contributed by atoms with Gasteiger partial charge in [-0.15, -0.1) is 0 Å². The minimum atomic E-state index is -0.391. The van der Waals surface area contributed by atoms with E-state index in [1.807, 2.05) is 33.0 Å². The van der Waals surface area contributed by atoms with E-state index < -0.39 is 5.91 Å². The van der Waals surface area contributed by atoms with Gasteiger partial charge in [-0.1, -0.05) is 19.9 Å². The van der Waals surface area contributed by atoms with Crippen LogP contribution < -0.4 is 11.2 Å². The van der Waals surface area contributed by atoms with Crippen LogP contribution in [0.2, 0.25) is 0 Å². The van der Waals surface area contributed by atoms with Crippen molar-refractivity contribution in [2.45, 2.75) is 26.8 Å². The fraction of sp³-hybridized carbons (Fsp3) is 0.529. The van der Waals surface area contributed by atoms with Crippen molar-refractivity contribution < 1.29 is 4.79 Å². The van der Waals surface area contributed by atoms with Gasteiger partial charge in [-0.2, -0.15) is 5.10 Å². The number of nitrogens with zero attached hydrogens (tertiary/aromatic N) is 5. The zero-order valence-corrected chi connectivity index (χ0v) is 15.9. The van der Waals surface area contributed by atoms with Crippen molar-refractivity contribution >= 4 is 24.4 Å². The summed E-state index contributed by atoms with van der Waals surface area (Å²) in [7, 11) is 5.60. The number of carbonyl (C=O) groups is 1. The van der Waals surface area contributed by atoms with E-state index in [0.717, 1.165) is 6.54 Å². The number of pyridine rings is 1. The second-order valence-corrected chi connectivity index (χ2v) is 6.97.